The maximum Gasteiger partial charge on any atom is 0.100 e. The van der Waals surface area contributed by atoms with Crippen LogP contribution in [0.25, 0.3) is 0 Å². The summed E-state index contributed by atoms with van der Waals surface area (Å²) < 4.78 is 5.43. The largest absolute Gasteiger partial charge is 0.501 e. The topological polar surface area (TPSA) is 38.5 Å². The van der Waals surface area contributed by atoms with Crippen molar-refractivity contribution in [3.8, 4) is 0 Å². The quantitative estimate of drug-likeness (QED) is 0.823. The third-order valence-corrected chi connectivity index (χ3v) is 4.65. The summed E-state index contributed by atoms with van der Waals surface area (Å²) in [4.78, 5) is 2.39. The number of nitrogens with zero attached hydrogens (tertiary/aromatic N) is 1. The predicted octanol–water partition coefficient (Wildman–Crippen LogP) is 4.19. The number of halogens is 1. The standard InChI is InChI=1S/C19H23ClN2O/c1-23-17-8-9-18-15(12-17)5-4-14-6-7-16(20)13-19(14)22(18)11-3-2-10-21/h5-9,13H,2-4,10-12,21H2,1H3. The minimum absolute atomic E-state index is 0.728. The van der Waals surface area contributed by atoms with Crippen molar-refractivity contribution in [3.05, 3.63) is 64.0 Å². The lowest BCUT2D eigenvalue weighted by Crippen LogP contribution is -2.26. The van der Waals surface area contributed by atoms with Gasteiger partial charge in [0.2, 0.25) is 0 Å². The molecule has 0 saturated heterocycles. The Morgan fingerprint density at radius 2 is 2.13 bits per heavy atom. The molecule has 0 atom stereocenters. The summed E-state index contributed by atoms with van der Waals surface area (Å²) >= 11 is 6.26. The minimum Gasteiger partial charge on any atom is -0.501 e. The molecule has 1 aliphatic heterocycles. The van der Waals surface area contributed by atoms with Crippen molar-refractivity contribution in [1.29, 1.82) is 0 Å². The molecule has 0 bridgehead atoms. The van der Waals surface area contributed by atoms with Crippen molar-refractivity contribution in [2.45, 2.75) is 25.7 Å². The first-order valence-electron chi connectivity index (χ1n) is 8.13. The zero-order valence-corrected chi connectivity index (χ0v) is 14.3. The molecular formula is C19H23ClN2O. The lowest BCUT2D eigenvalue weighted by Gasteiger charge is -2.31. The molecule has 0 radical (unpaired) electrons. The lowest BCUT2D eigenvalue weighted by atomic mass is 10.0. The fraction of sp³-hybridized carbons (Fsp3) is 0.368. The second-order valence-corrected chi connectivity index (χ2v) is 6.36. The highest BCUT2D eigenvalue weighted by molar-refractivity contribution is 6.30. The maximum absolute atomic E-state index is 6.26. The van der Waals surface area contributed by atoms with Gasteiger partial charge in [0, 0.05) is 29.4 Å². The van der Waals surface area contributed by atoms with Crippen LogP contribution in [0.5, 0.6) is 0 Å². The summed E-state index contributed by atoms with van der Waals surface area (Å²) in [6, 6.07) is 6.18. The zero-order chi connectivity index (χ0) is 16.2. The number of allylic oxidation sites excluding steroid dienone is 5. The van der Waals surface area contributed by atoms with E-state index in [1.807, 2.05) is 6.07 Å². The molecule has 2 aliphatic rings. The highest BCUT2D eigenvalue weighted by Gasteiger charge is 2.24. The van der Waals surface area contributed by atoms with Crippen LogP contribution >= 0.6 is 11.6 Å². The highest BCUT2D eigenvalue weighted by Crippen LogP contribution is 2.37. The molecule has 122 valence electrons. The van der Waals surface area contributed by atoms with E-state index in [1.165, 1.54) is 22.5 Å². The van der Waals surface area contributed by atoms with Gasteiger partial charge in [0.1, 0.15) is 5.76 Å². The van der Waals surface area contributed by atoms with Gasteiger partial charge in [-0.15, -0.1) is 0 Å². The van der Waals surface area contributed by atoms with E-state index in [2.05, 4.69) is 35.3 Å². The Labute approximate surface area is 143 Å². The molecule has 2 N–H and O–H groups in total. The highest BCUT2D eigenvalue weighted by atomic mass is 35.5. The molecule has 1 aromatic rings. The fourth-order valence-electron chi connectivity index (χ4n) is 3.18. The van der Waals surface area contributed by atoms with Crippen LogP contribution < -0.4 is 10.6 Å². The summed E-state index contributed by atoms with van der Waals surface area (Å²) in [7, 11) is 1.73. The van der Waals surface area contributed by atoms with Crippen molar-refractivity contribution in [3.63, 3.8) is 0 Å². The molecule has 0 aromatic heterocycles. The van der Waals surface area contributed by atoms with Gasteiger partial charge in [0.15, 0.2) is 0 Å². The molecule has 3 rings (SSSR count). The van der Waals surface area contributed by atoms with Crippen LogP contribution in [0, 0.1) is 0 Å². The number of benzene rings is 1. The summed E-state index contributed by atoms with van der Waals surface area (Å²) in [5, 5.41) is 0.778. The fourth-order valence-corrected chi connectivity index (χ4v) is 3.34. The Morgan fingerprint density at radius 1 is 1.26 bits per heavy atom. The van der Waals surface area contributed by atoms with E-state index in [9.17, 15) is 0 Å². The number of anilines is 1. The molecule has 1 aromatic carbocycles. The molecule has 0 unspecified atom stereocenters. The van der Waals surface area contributed by atoms with Crippen LogP contribution in [0.15, 0.2) is 53.5 Å². The Kier molecular flexibility index (Phi) is 5.09. The smallest absolute Gasteiger partial charge is 0.100 e. The van der Waals surface area contributed by atoms with E-state index in [1.54, 1.807) is 7.11 Å². The van der Waals surface area contributed by atoms with Gasteiger partial charge in [-0.2, -0.15) is 0 Å². The summed E-state index contributed by atoms with van der Waals surface area (Å²) in [6.45, 7) is 1.68. The van der Waals surface area contributed by atoms with E-state index in [0.29, 0.717) is 0 Å². The number of methoxy groups -OCH3 is 1. The number of rotatable bonds is 5. The van der Waals surface area contributed by atoms with E-state index in [0.717, 1.165) is 49.6 Å². The van der Waals surface area contributed by atoms with Crippen molar-refractivity contribution < 1.29 is 4.74 Å². The average Bonchev–Trinajstić information content (AvgIpc) is 2.72. The Morgan fingerprint density at radius 3 is 2.91 bits per heavy atom. The van der Waals surface area contributed by atoms with E-state index < -0.39 is 0 Å². The maximum atomic E-state index is 6.26. The molecule has 1 aliphatic carbocycles. The van der Waals surface area contributed by atoms with Crippen LogP contribution in [0.2, 0.25) is 5.02 Å². The van der Waals surface area contributed by atoms with Crippen LogP contribution in [0.3, 0.4) is 0 Å². The molecule has 4 heteroatoms. The first kappa shape index (κ1) is 16.2. The normalized spacial score (nSPS) is 16.7. The molecule has 23 heavy (non-hydrogen) atoms. The monoisotopic (exact) mass is 330 g/mol. The number of ether oxygens (including phenoxy) is 1. The third kappa shape index (κ3) is 3.46. The number of nitrogens with two attached hydrogens (primary N) is 1. The number of hydrogen-bond acceptors (Lipinski definition) is 3. The van der Waals surface area contributed by atoms with E-state index >= 15 is 0 Å². The predicted molar refractivity (Wildman–Crippen MR) is 96.7 cm³/mol. The van der Waals surface area contributed by atoms with Gasteiger partial charge in [-0.3, -0.25) is 0 Å². The Hall–Kier alpha value is -1.71. The van der Waals surface area contributed by atoms with Gasteiger partial charge in [0.25, 0.3) is 0 Å². The SMILES string of the molecule is COC1=CC=C2C(=CCc3ccc(Cl)cc3N2CCCCN)C1. The molecule has 0 spiro atoms. The number of fused-ring (bicyclic) bond motifs is 2. The summed E-state index contributed by atoms with van der Waals surface area (Å²) in [5.41, 5.74) is 10.8. The number of unbranched alkanes of at least 4 members (excludes halogenated alkanes) is 1. The lowest BCUT2D eigenvalue weighted by molar-refractivity contribution is 0.282. The molecule has 0 saturated carbocycles. The van der Waals surface area contributed by atoms with E-state index in [4.69, 9.17) is 22.1 Å². The minimum atomic E-state index is 0.728. The van der Waals surface area contributed by atoms with Gasteiger partial charge >= 0.3 is 0 Å². The van der Waals surface area contributed by atoms with Crippen LogP contribution in [0.1, 0.15) is 24.8 Å². The van der Waals surface area contributed by atoms with Crippen molar-refractivity contribution in [1.82, 2.24) is 0 Å². The van der Waals surface area contributed by atoms with Crippen molar-refractivity contribution in [2.75, 3.05) is 25.1 Å². The summed E-state index contributed by atoms with van der Waals surface area (Å²) in [6.07, 6.45) is 10.4. The van der Waals surface area contributed by atoms with Crippen LogP contribution in [-0.4, -0.2) is 20.2 Å². The van der Waals surface area contributed by atoms with Gasteiger partial charge in [0.05, 0.1) is 7.11 Å². The Balaban J connectivity index is 2.01. The molecule has 0 amide bonds. The van der Waals surface area contributed by atoms with Crippen molar-refractivity contribution >= 4 is 17.3 Å². The Bertz CT molecular complexity index is 676. The zero-order valence-electron chi connectivity index (χ0n) is 13.5. The van der Waals surface area contributed by atoms with Crippen LogP contribution in [-0.2, 0) is 11.2 Å². The van der Waals surface area contributed by atoms with Gasteiger partial charge in [-0.05, 0) is 61.2 Å². The van der Waals surface area contributed by atoms with Gasteiger partial charge in [-0.1, -0.05) is 23.7 Å². The number of hydrogen-bond donors (Lipinski definition) is 1. The van der Waals surface area contributed by atoms with Crippen molar-refractivity contribution in [2.24, 2.45) is 5.73 Å². The van der Waals surface area contributed by atoms with Crippen LogP contribution in [0.4, 0.5) is 5.69 Å². The van der Waals surface area contributed by atoms with E-state index in [-0.39, 0.29) is 0 Å². The first-order valence-corrected chi connectivity index (χ1v) is 8.51. The van der Waals surface area contributed by atoms with Gasteiger partial charge < -0.3 is 15.4 Å². The third-order valence-electron chi connectivity index (χ3n) is 4.42. The molecule has 3 nitrogen and oxygen atoms in total. The summed E-state index contributed by atoms with van der Waals surface area (Å²) in [5.74, 6) is 1.01. The second kappa shape index (κ2) is 7.24. The molecule has 1 heterocycles. The first-order chi connectivity index (χ1) is 11.2. The second-order valence-electron chi connectivity index (χ2n) is 5.92. The molecule has 0 fully saturated rings. The molecular weight excluding hydrogens is 308 g/mol. The average molecular weight is 331 g/mol. The van der Waals surface area contributed by atoms with Gasteiger partial charge in [-0.25, -0.2) is 0 Å².